The van der Waals surface area contributed by atoms with E-state index in [1.165, 1.54) is 23.0 Å². The molecule has 0 N–H and O–H groups in total. The van der Waals surface area contributed by atoms with Crippen LogP contribution < -0.4 is 5.56 Å². The van der Waals surface area contributed by atoms with E-state index in [2.05, 4.69) is 15.1 Å². The Morgan fingerprint density at radius 2 is 2.07 bits per heavy atom. The molecule has 0 amide bonds. The van der Waals surface area contributed by atoms with Gasteiger partial charge in [0.1, 0.15) is 12.1 Å². The quantitative estimate of drug-likeness (QED) is 0.557. The van der Waals surface area contributed by atoms with Gasteiger partial charge in [0.15, 0.2) is 0 Å². The molecule has 1 saturated heterocycles. The number of benzene rings is 1. The predicted octanol–water partition coefficient (Wildman–Crippen LogP) is 2.42. The summed E-state index contributed by atoms with van der Waals surface area (Å²) in [6.07, 6.45) is 5.11. The maximum Gasteiger partial charge on any atom is 0.262 e. The first kappa shape index (κ1) is 16.1. The zero-order valence-corrected chi connectivity index (χ0v) is 14.4. The molecule has 27 heavy (non-hydrogen) atoms. The van der Waals surface area contributed by atoms with Crippen molar-refractivity contribution in [2.75, 3.05) is 6.61 Å². The van der Waals surface area contributed by atoms with Crippen LogP contribution in [0.15, 0.2) is 47.7 Å². The molecule has 1 fully saturated rings. The van der Waals surface area contributed by atoms with E-state index in [1.807, 2.05) is 0 Å². The molecule has 4 aromatic rings. The second-order valence-corrected chi connectivity index (χ2v) is 6.61. The van der Waals surface area contributed by atoms with E-state index in [-0.39, 0.29) is 17.5 Å². The third-order valence-electron chi connectivity index (χ3n) is 4.88. The predicted molar refractivity (Wildman–Crippen MR) is 96.9 cm³/mol. The standard InChI is InChI=1S/C19H16FN5O2/c20-13-5-3-12(4-6-13)17-16-15(23-19-21-11-22-25(17)19)7-8-24(18(16)26)10-14-2-1-9-27-14/h3-8,11,14H,1-2,9-10H2/t14-/m0/s1. The maximum absolute atomic E-state index is 13.4. The van der Waals surface area contributed by atoms with Crippen molar-refractivity contribution in [3.05, 3.63) is 59.0 Å². The summed E-state index contributed by atoms with van der Waals surface area (Å²) in [6.45, 7) is 1.22. The van der Waals surface area contributed by atoms with Crippen molar-refractivity contribution in [3.8, 4) is 11.3 Å². The van der Waals surface area contributed by atoms with Crippen molar-refractivity contribution in [2.24, 2.45) is 0 Å². The van der Waals surface area contributed by atoms with Crippen LogP contribution in [0.5, 0.6) is 0 Å². The molecule has 0 unspecified atom stereocenters. The van der Waals surface area contributed by atoms with Crippen molar-refractivity contribution in [2.45, 2.75) is 25.5 Å². The first-order valence-corrected chi connectivity index (χ1v) is 8.81. The molecule has 1 atom stereocenters. The molecule has 5 rings (SSSR count). The van der Waals surface area contributed by atoms with Crippen LogP contribution in [-0.2, 0) is 11.3 Å². The minimum Gasteiger partial charge on any atom is -0.376 e. The molecule has 0 bridgehead atoms. The van der Waals surface area contributed by atoms with E-state index in [9.17, 15) is 9.18 Å². The average Bonchev–Trinajstić information content (AvgIpc) is 3.35. The molecule has 1 aromatic carbocycles. The fourth-order valence-corrected chi connectivity index (χ4v) is 3.59. The van der Waals surface area contributed by atoms with E-state index in [0.717, 1.165) is 19.4 Å². The van der Waals surface area contributed by atoms with Gasteiger partial charge in [-0.2, -0.15) is 14.6 Å². The summed E-state index contributed by atoms with van der Waals surface area (Å²) < 4.78 is 22.2. The maximum atomic E-state index is 13.4. The van der Waals surface area contributed by atoms with E-state index >= 15 is 0 Å². The third kappa shape index (κ3) is 2.69. The van der Waals surface area contributed by atoms with Crippen LogP contribution in [0.3, 0.4) is 0 Å². The van der Waals surface area contributed by atoms with Crippen LogP contribution in [0, 0.1) is 5.82 Å². The van der Waals surface area contributed by atoms with Crippen molar-refractivity contribution in [1.82, 2.24) is 24.1 Å². The molecule has 4 heterocycles. The highest BCUT2D eigenvalue weighted by atomic mass is 19.1. The molecule has 0 radical (unpaired) electrons. The lowest BCUT2D eigenvalue weighted by molar-refractivity contribution is 0.0963. The Hall–Kier alpha value is -3.13. The Morgan fingerprint density at radius 1 is 1.22 bits per heavy atom. The van der Waals surface area contributed by atoms with E-state index in [4.69, 9.17) is 4.74 Å². The highest BCUT2D eigenvalue weighted by Gasteiger charge is 2.20. The largest absolute Gasteiger partial charge is 0.376 e. The van der Waals surface area contributed by atoms with Crippen LogP contribution in [0.2, 0.25) is 0 Å². The topological polar surface area (TPSA) is 74.3 Å². The Morgan fingerprint density at radius 3 is 2.85 bits per heavy atom. The van der Waals surface area contributed by atoms with E-state index < -0.39 is 0 Å². The molecule has 1 aliphatic rings. The second kappa shape index (κ2) is 6.24. The summed E-state index contributed by atoms with van der Waals surface area (Å²) in [7, 11) is 0. The smallest absolute Gasteiger partial charge is 0.262 e. The lowest BCUT2D eigenvalue weighted by Crippen LogP contribution is -2.27. The fraction of sp³-hybridized carbons (Fsp3) is 0.263. The summed E-state index contributed by atoms with van der Waals surface area (Å²) >= 11 is 0. The zero-order chi connectivity index (χ0) is 18.4. The highest BCUT2D eigenvalue weighted by Crippen LogP contribution is 2.26. The summed E-state index contributed by atoms with van der Waals surface area (Å²) in [5.41, 5.74) is 1.58. The second-order valence-electron chi connectivity index (χ2n) is 6.61. The molecule has 7 nitrogen and oxygen atoms in total. The van der Waals surface area contributed by atoms with Gasteiger partial charge < -0.3 is 9.30 Å². The summed E-state index contributed by atoms with van der Waals surface area (Å²) in [5.74, 6) is 0.0424. The Bertz CT molecular complexity index is 1190. The van der Waals surface area contributed by atoms with Crippen molar-refractivity contribution >= 4 is 16.7 Å². The van der Waals surface area contributed by atoms with Gasteiger partial charge in [0.05, 0.1) is 29.2 Å². The number of ether oxygens (including phenoxy) is 1. The minimum atomic E-state index is -0.345. The molecular formula is C19H16FN5O2. The normalized spacial score (nSPS) is 17.1. The number of nitrogens with zero attached hydrogens (tertiary/aromatic N) is 5. The molecule has 0 saturated carbocycles. The van der Waals surface area contributed by atoms with Crippen LogP contribution in [0.25, 0.3) is 27.9 Å². The Balaban J connectivity index is 1.78. The van der Waals surface area contributed by atoms with Gasteiger partial charge in [0.25, 0.3) is 11.3 Å². The van der Waals surface area contributed by atoms with Crippen molar-refractivity contribution in [1.29, 1.82) is 0 Å². The summed E-state index contributed by atoms with van der Waals surface area (Å²) in [6, 6.07) is 7.77. The van der Waals surface area contributed by atoms with Crippen LogP contribution in [-0.4, -0.2) is 36.9 Å². The van der Waals surface area contributed by atoms with Gasteiger partial charge in [-0.1, -0.05) is 0 Å². The molecule has 0 spiro atoms. The van der Waals surface area contributed by atoms with Gasteiger partial charge in [-0.25, -0.2) is 9.37 Å². The lowest BCUT2D eigenvalue weighted by Gasteiger charge is -2.14. The van der Waals surface area contributed by atoms with Gasteiger partial charge in [0.2, 0.25) is 0 Å². The highest BCUT2D eigenvalue weighted by molar-refractivity contribution is 5.93. The first-order chi connectivity index (χ1) is 13.2. The monoisotopic (exact) mass is 365 g/mol. The van der Waals surface area contributed by atoms with Gasteiger partial charge in [-0.05, 0) is 43.2 Å². The number of hydrogen-bond acceptors (Lipinski definition) is 5. The number of fused-ring (bicyclic) bond motifs is 2. The Labute approximate surface area is 153 Å². The van der Waals surface area contributed by atoms with Crippen molar-refractivity contribution in [3.63, 3.8) is 0 Å². The summed E-state index contributed by atoms with van der Waals surface area (Å²) in [5, 5.41) is 4.65. The fourth-order valence-electron chi connectivity index (χ4n) is 3.59. The lowest BCUT2D eigenvalue weighted by atomic mass is 10.1. The zero-order valence-electron chi connectivity index (χ0n) is 14.4. The van der Waals surface area contributed by atoms with Gasteiger partial charge in [-0.3, -0.25) is 4.79 Å². The van der Waals surface area contributed by atoms with Gasteiger partial charge in [0, 0.05) is 18.4 Å². The molecule has 8 heteroatoms. The number of halogens is 1. The molecule has 0 aliphatic carbocycles. The molecule has 3 aromatic heterocycles. The molecule has 136 valence electrons. The SMILES string of the molecule is O=c1c2c(-c3ccc(F)cc3)n3ncnc3nc2ccn1C[C@@H]1CCCO1. The summed E-state index contributed by atoms with van der Waals surface area (Å²) in [4.78, 5) is 21.9. The van der Waals surface area contributed by atoms with E-state index in [1.54, 1.807) is 29.0 Å². The Kier molecular flexibility index (Phi) is 3.71. The number of rotatable bonds is 3. The minimum absolute atomic E-state index is 0.0393. The number of aromatic nitrogens is 5. The average molecular weight is 365 g/mol. The third-order valence-corrected chi connectivity index (χ3v) is 4.88. The van der Waals surface area contributed by atoms with Gasteiger partial charge >= 0.3 is 0 Å². The van der Waals surface area contributed by atoms with Crippen molar-refractivity contribution < 1.29 is 9.13 Å². The number of pyridine rings is 1. The van der Waals surface area contributed by atoms with E-state index in [0.29, 0.717) is 34.5 Å². The first-order valence-electron chi connectivity index (χ1n) is 8.81. The van der Waals surface area contributed by atoms with Crippen LogP contribution in [0.1, 0.15) is 12.8 Å². The molecular weight excluding hydrogens is 349 g/mol. The van der Waals surface area contributed by atoms with Gasteiger partial charge in [-0.15, -0.1) is 0 Å². The number of hydrogen-bond donors (Lipinski definition) is 0. The molecule has 1 aliphatic heterocycles. The van der Waals surface area contributed by atoms with Crippen LogP contribution >= 0.6 is 0 Å². The van der Waals surface area contributed by atoms with Crippen LogP contribution in [0.4, 0.5) is 4.39 Å².